The molecule has 22 heavy (non-hydrogen) atoms. The second-order valence-corrected chi connectivity index (χ2v) is 4.93. The van der Waals surface area contributed by atoms with Crippen LogP contribution in [-0.4, -0.2) is 4.98 Å². The summed E-state index contributed by atoms with van der Waals surface area (Å²) >= 11 is 0. The molecule has 104 valence electrons. The van der Waals surface area contributed by atoms with Gasteiger partial charge >= 0.3 is 0 Å². The Bertz CT molecular complexity index is 1050. The van der Waals surface area contributed by atoms with E-state index < -0.39 is 0 Å². The molecule has 4 aromatic rings. The smallest absolute Gasteiger partial charge is 0.136 e. The van der Waals surface area contributed by atoms with Crippen LogP contribution in [0.1, 0.15) is 5.56 Å². The average Bonchev–Trinajstić information content (AvgIpc) is 2.92. The van der Waals surface area contributed by atoms with Crippen LogP contribution in [0.25, 0.3) is 33.2 Å². The zero-order valence-electron chi connectivity index (χ0n) is 11.4. The highest BCUT2D eigenvalue weighted by atomic mass is 19.1. The van der Waals surface area contributed by atoms with Crippen molar-refractivity contribution in [2.24, 2.45) is 0 Å². The maximum absolute atomic E-state index is 13.6. The number of hydrogen-bond donors (Lipinski definition) is 0. The van der Waals surface area contributed by atoms with Crippen LogP contribution < -0.4 is 0 Å². The van der Waals surface area contributed by atoms with Crippen LogP contribution >= 0.6 is 0 Å². The molecule has 0 amide bonds. The molecular weight excluding hydrogens is 279 g/mol. The first-order chi connectivity index (χ1) is 10.8. The Kier molecular flexibility index (Phi) is 2.67. The van der Waals surface area contributed by atoms with Crippen molar-refractivity contribution >= 4 is 21.9 Å². The minimum atomic E-state index is -0.359. The summed E-state index contributed by atoms with van der Waals surface area (Å²) in [5.41, 5.74) is 2.98. The fraction of sp³-hybridized carbons (Fsp3) is 0. The van der Waals surface area contributed by atoms with Crippen LogP contribution in [0.15, 0.2) is 59.1 Å². The molecule has 0 fully saturated rings. The summed E-state index contributed by atoms with van der Waals surface area (Å²) < 4.78 is 19.3. The summed E-state index contributed by atoms with van der Waals surface area (Å²) in [6, 6.07) is 15.6. The number of rotatable bonds is 1. The quantitative estimate of drug-likeness (QED) is 0.512. The summed E-state index contributed by atoms with van der Waals surface area (Å²) in [4.78, 5) is 4.29. The minimum absolute atomic E-state index is 0.359. The van der Waals surface area contributed by atoms with E-state index in [0.29, 0.717) is 38.8 Å². The summed E-state index contributed by atoms with van der Waals surface area (Å²) in [7, 11) is 0. The maximum Gasteiger partial charge on any atom is 0.136 e. The van der Waals surface area contributed by atoms with Crippen molar-refractivity contribution in [1.29, 1.82) is 5.26 Å². The summed E-state index contributed by atoms with van der Waals surface area (Å²) in [5.74, 6) is -0.359. The molecule has 0 aliphatic rings. The molecule has 0 aliphatic carbocycles. The molecule has 0 bridgehead atoms. The minimum Gasteiger partial charge on any atom is -0.456 e. The van der Waals surface area contributed by atoms with Gasteiger partial charge in [-0.1, -0.05) is 6.07 Å². The molecule has 0 saturated carbocycles. The van der Waals surface area contributed by atoms with E-state index in [1.807, 2.05) is 24.3 Å². The second-order valence-electron chi connectivity index (χ2n) is 4.93. The molecular formula is C18H9FN2O. The predicted molar refractivity (Wildman–Crippen MR) is 81.6 cm³/mol. The Morgan fingerprint density at radius 2 is 1.91 bits per heavy atom. The number of fused-ring (bicyclic) bond motifs is 3. The first-order valence-electron chi connectivity index (χ1n) is 6.74. The van der Waals surface area contributed by atoms with E-state index in [4.69, 9.17) is 4.42 Å². The highest BCUT2D eigenvalue weighted by Crippen LogP contribution is 2.36. The number of halogens is 1. The van der Waals surface area contributed by atoms with Crippen LogP contribution in [0.3, 0.4) is 0 Å². The number of hydrogen-bond acceptors (Lipinski definition) is 3. The summed E-state index contributed by atoms with van der Waals surface area (Å²) in [5, 5.41) is 10.8. The van der Waals surface area contributed by atoms with Gasteiger partial charge in [0.2, 0.25) is 0 Å². The van der Waals surface area contributed by atoms with Crippen molar-refractivity contribution in [2.45, 2.75) is 0 Å². The van der Waals surface area contributed by atoms with Crippen LogP contribution in [0.4, 0.5) is 4.39 Å². The molecule has 2 aromatic carbocycles. The van der Waals surface area contributed by atoms with Gasteiger partial charge < -0.3 is 4.42 Å². The zero-order chi connectivity index (χ0) is 15.1. The lowest BCUT2D eigenvalue weighted by Crippen LogP contribution is -1.88. The van der Waals surface area contributed by atoms with Gasteiger partial charge in [-0.05, 0) is 42.5 Å². The fourth-order valence-electron chi connectivity index (χ4n) is 2.69. The molecule has 0 radical (unpaired) electrons. The monoisotopic (exact) mass is 288 g/mol. The lowest BCUT2D eigenvalue weighted by molar-refractivity contribution is 0.626. The summed E-state index contributed by atoms with van der Waals surface area (Å²) in [6.07, 6.45) is 1.67. The fourth-order valence-corrected chi connectivity index (χ4v) is 2.69. The third-order valence-electron chi connectivity index (χ3n) is 3.65. The third kappa shape index (κ3) is 1.76. The maximum atomic E-state index is 13.6. The highest BCUT2D eigenvalue weighted by molar-refractivity contribution is 6.09. The third-order valence-corrected chi connectivity index (χ3v) is 3.65. The standard InChI is InChI=1S/C18H9FN2O/c19-11-4-6-16-13(9-11)18-14(10-20)12(5-7-17(18)22-16)15-3-1-2-8-21-15/h1-9H. The van der Waals surface area contributed by atoms with Crippen LogP contribution in [-0.2, 0) is 0 Å². The molecule has 4 rings (SSSR count). The van der Waals surface area contributed by atoms with E-state index in [9.17, 15) is 9.65 Å². The summed E-state index contributed by atoms with van der Waals surface area (Å²) in [6.45, 7) is 0. The van der Waals surface area contributed by atoms with Crippen molar-refractivity contribution in [1.82, 2.24) is 4.98 Å². The SMILES string of the molecule is N#Cc1c(-c2ccccn2)ccc2oc3ccc(F)cc3c12. The lowest BCUT2D eigenvalue weighted by Gasteiger charge is -2.04. The zero-order valence-corrected chi connectivity index (χ0v) is 11.4. The molecule has 0 N–H and O–H groups in total. The van der Waals surface area contributed by atoms with Gasteiger partial charge in [-0.15, -0.1) is 0 Å². The van der Waals surface area contributed by atoms with E-state index in [1.165, 1.54) is 12.1 Å². The van der Waals surface area contributed by atoms with Gasteiger partial charge in [-0.2, -0.15) is 5.26 Å². The molecule has 0 saturated heterocycles. The largest absolute Gasteiger partial charge is 0.456 e. The lowest BCUT2D eigenvalue weighted by atomic mass is 9.99. The highest BCUT2D eigenvalue weighted by Gasteiger charge is 2.16. The molecule has 0 atom stereocenters. The molecule has 2 heterocycles. The van der Waals surface area contributed by atoms with E-state index >= 15 is 0 Å². The van der Waals surface area contributed by atoms with Crippen molar-refractivity contribution in [3.8, 4) is 17.3 Å². The van der Waals surface area contributed by atoms with Gasteiger partial charge in [0.25, 0.3) is 0 Å². The number of aromatic nitrogens is 1. The van der Waals surface area contributed by atoms with Crippen molar-refractivity contribution in [3.05, 3.63) is 66.1 Å². The molecule has 2 aromatic heterocycles. The van der Waals surface area contributed by atoms with Crippen molar-refractivity contribution < 1.29 is 8.81 Å². The van der Waals surface area contributed by atoms with E-state index in [2.05, 4.69) is 11.1 Å². The van der Waals surface area contributed by atoms with Crippen molar-refractivity contribution in [2.75, 3.05) is 0 Å². The second kappa shape index (κ2) is 4.68. The normalized spacial score (nSPS) is 10.9. The predicted octanol–water partition coefficient (Wildman–Crippen LogP) is 4.66. The molecule has 0 unspecified atom stereocenters. The van der Waals surface area contributed by atoms with E-state index in [0.717, 1.165) is 0 Å². The van der Waals surface area contributed by atoms with Crippen LogP contribution in [0.2, 0.25) is 0 Å². The van der Waals surface area contributed by atoms with Gasteiger partial charge in [0.05, 0.1) is 11.3 Å². The topological polar surface area (TPSA) is 49.8 Å². The number of furan rings is 1. The number of pyridine rings is 1. The van der Waals surface area contributed by atoms with Gasteiger partial charge in [0, 0.05) is 22.5 Å². The molecule has 4 heteroatoms. The number of nitrogens with zero attached hydrogens (tertiary/aromatic N) is 2. The average molecular weight is 288 g/mol. The van der Waals surface area contributed by atoms with E-state index in [1.54, 1.807) is 18.3 Å². The first kappa shape index (κ1) is 12.5. The van der Waals surface area contributed by atoms with Crippen molar-refractivity contribution in [3.63, 3.8) is 0 Å². The number of benzene rings is 2. The Labute approximate surface area is 125 Å². The number of nitriles is 1. The molecule has 3 nitrogen and oxygen atoms in total. The Hall–Kier alpha value is -3.19. The van der Waals surface area contributed by atoms with Gasteiger partial charge in [0.15, 0.2) is 0 Å². The molecule has 0 aliphatic heterocycles. The molecule has 0 spiro atoms. The Morgan fingerprint density at radius 3 is 2.68 bits per heavy atom. The van der Waals surface area contributed by atoms with Crippen LogP contribution in [0, 0.1) is 17.1 Å². The Morgan fingerprint density at radius 1 is 1.05 bits per heavy atom. The van der Waals surface area contributed by atoms with Crippen LogP contribution in [0.5, 0.6) is 0 Å². The van der Waals surface area contributed by atoms with Gasteiger partial charge in [-0.25, -0.2) is 4.39 Å². The van der Waals surface area contributed by atoms with Gasteiger partial charge in [0.1, 0.15) is 23.1 Å². The van der Waals surface area contributed by atoms with E-state index in [-0.39, 0.29) is 5.82 Å². The Balaban J connectivity index is 2.15. The van der Waals surface area contributed by atoms with Gasteiger partial charge in [-0.3, -0.25) is 4.98 Å². The first-order valence-corrected chi connectivity index (χ1v) is 6.74.